The van der Waals surface area contributed by atoms with Gasteiger partial charge >= 0.3 is 6.18 Å². The molecule has 90 valence electrons. The van der Waals surface area contributed by atoms with E-state index in [0.717, 1.165) is 5.56 Å². The minimum atomic E-state index is -4.04. The normalized spacial score (nSPS) is 13.8. The zero-order valence-electron chi connectivity index (χ0n) is 9.22. The first-order chi connectivity index (χ1) is 7.49. The maximum Gasteiger partial charge on any atom is 0.389 e. The van der Waals surface area contributed by atoms with Crippen LogP contribution in [0.5, 0.6) is 0 Å². The van der Waals surface area contributed by atoms with Crippen LogP contribution in [0.25, 0.3) is 0 Å². The van der Waals surface area contributed by atoms with Crippen LogP contribution in [0.4, 0.5) is 13.2 Å². The van der Waals surface area contributed by atoms with E-state index in [1.807, 2.05) is 37.3 Å². The van der Waals surface area contributed by atoms with Gasteiger partial charge in [-0.3, -0.25) is 0 Å². The summed E-state index contributed by atoms with van der Waals surface area (Å²) >= 11 is 0. The van der Waals surface area contributed by atoms with Gasteiger partial charge in [-0.15, -0.1) is 0 Å². The number of alkyl halides is 3. The van der Waals surface area contributed by atoms with Crippen LogP contribution in [0.15, 0.2) is 30.3 Å². The molecule has 0 fully saturated rings. The van der Waals surface area contributed by atoms with Gasteiger partial charge in [-0.25, -0.2) is 0 Å². The van der Waals surface area contributed by atoms with Gasteiger partial charge in [0.2, 0.25) is 0 Å². The summed E-state index contributed by atoms with van der Waals surface area (Å²) in [5.74, 6) is 0. The van der Waals surface area contributed by atoms with E-state index in [9.17, 15) is 13.2 Å². The third kappa shape index (κ3) is 5.16. The Hall–Kier alpha value is -1.03. The number of hydrogen-bond acceptors (Lipinski definition) is 1. The molecule has 0 saturated heterocycles. The van der Waals surface area contributed by atoms with Crippen molar-refractivity contribution in [1.29, 1.82) is 0 Å². The average Bonchev–Trinajstić information content (AvgIpc) is 2.24. The van der Waals surface area contributed by atoms with Crippen molar-refractivity contribution in [3.8, 4) is 0 Å². The Labute approximate surface area is 93.7 Å². The lowest BCUT2D eigenvalue weighted by atomic mass is 10.1. The first-order valence-corrected chi connectivity index (χ1v) is 5.34. The predicted molar refractivity (Wildman–Crippen MR) is 58.1 cm³/mol. The first-order valence-electron chi connectivity index (χ1n) is 5.34. The van der Waals surface area contributed by atoms with Crippen LogP contribution in [0.1, 0.15) is 31.4 Å². The molecule has 0 saturated carbocycles. The Bertz CT molecular complexity index is 295. The maximum absolute atomic E-state index is 11.9. The standard InChI is InChI=1S/C12H16F3N/c1-10(11-6-3-2-4-7-11)16-9-5-8-12(13,14)15/h2-4,6-7,10,16H,5,8-9H2,1H3/t10-/m1/s1. The molecule has 1 rings (SSSR count). The Morgan fingerprint density at radius 2 is 1.81 bits per heavy atom. The summed E-state index contributed by atoms with van der Waals surface area (Å²) in [5.41, 5.74) is 1.09. The summed E-state index contributed by atoms with van der Waals surface area (Å²) in [6.45, 7) is 2.33. The number of benzene rings is 1. The monoisotopic (exact) mass is 231 g/mol. The zero-order valence-corrected chi connectivity index (χ0v) is 9.22. The van der Waals surface area contributed by atoms with Gasteiger partial charge in [0.25, 0.3) is 0 Å². The van der Waals surface area contributed by atoms with E-state index < -0.39 is 12.6 Å². The van der Waals surface area contributed by atoms with Crippen molar-refractivity contribution < 1.29 is 13.2 Å². The van der Waals surface area contributed by atoms with Crippen molar-refractivity contribution in [3.05, 3.63) is 35.9 Å². The minimum absolute atomic E-state index is 0.0921. The van der Waals surface area contributed by atoms with Crippen molar-refractivity contribution in [1.82, 2.24) is 5.32 Å². The molecule has 16 heavy (non-hydrogen) atoms. The fourth-order valence-corrected chi connectivity index (χ4v) is 1.47. The molecule has 1 nitrogen and oxygen atoms in total. The Kier molecular flexibility index (Phi) is 4.80. The van der Waals surface area contributed by atoms with E-state index in [4.69, 9.17) is 0 Å². The molecule has 0 amide bonds. The fraction of sp³-hybridized carbons (Fsp3) is 0.500. The molecule has 1 aromatic carbocycles. The largest absolute Gasteiger partial charge is 0.389 e. The first kappa shape index (κ1) is 13.0. The van der Waals surface area contributed by atoms with Gasteiger partial charge in [0, 0.05) is 12.5 Å². The SMILES string of the molecule is C[C@@H](NCCCC(F)(F)F)c1ccccc1. The highest BCUT2D eigenvalue weighted by atomic mass is 19.4. The van der Waals surface area contributed by atoms with Crippen LogP contribution in [0.3, 0.4) is 0 Å². The van der Waals surface area contributed by atoms with Gasteiger partial charge in [-0.2, -0.15) is 13.2 Å². The average molecular weight is 231 g/mol. The summed E-state index contributed by atoms with van der Waals surface area (Å²) in [4.78, 5) is 0. The van der Waals surface area contributed by atoms with E-state index in [2.05, 4.69) is 5.32 Å². The fourth-order valence-electron chi connectivity index (χ4n) is 1.47. The quantitative estimate of drug-likeness (QED) is 0.762. The summed E-state index contributed by atoms with van der Waals surface area (Å²) in [7, 11) is 0. The second kappa shape index (κ2) is 5.89. The van der Waals surface area contributed by atoms with Gasteiger partial charge < -0.3 is 5.32 Å². The second-order valence-electron chi connectivity index (χ2n) is 3.81. The van der Waals surface area contributed by atoms with E-state index >= 15 is 0 Å². The van der Waals surface area contributed by atoms with Gasteiger partial charge in [-0.1, -0.05) is 30.3 Å². The number of halogens is 3. The lowest BCUT2D eigenvalue weighted by Gasteiger charge is -2.14. The Morgan fingerprint density at radius 3 is 2.38 bits per heavy atom. The number of hydrogen-bond donors (Lipinski definition) is 1. The molecule has 0 aliphatic rings. The third-order valence-electron chi connectivity index (χ3n) is 2.39. The lowest BCUT2D eigenvalue weighted by Crippen LogP contribution is -2.21. The maximum atomic E-state index is 11.9. The molecule has 0 bridgehead atoms. The molecule has 0 radical (unpaired) electrons. The molecule has 0 spiro atoms. The van der Waals surface area contributed by atoms with Crippen molar-refractivity contribution in [2.45, 2.75) is 32.0 Å². The van der Waals surface area contributed by atoms with E-state index in [1.165, 1.54) is 0 Å². The van der Waals surface area contributed by atoms with Crippen molar-refractivity contribution >= 4 is 0 Å². The zero-order chi connectivity index (χ0) is 12.0. The molecule has 1 aromatic rings. The smallest absolute Gasteiger partial charge is 0.310 e. The Morgan fingerprint density at radius 1 is 1.19 bits per heavy atom. The summed E-state index contributed by atoms with van der Waals surface area (Å²) in [5, 5.41) is 3.07. The number of rotatable bonds is 5. The van der Waals surface area contributed by atoms with Crippen molar-refractivity contribution in [2.24, 2.45) is 0 Å². The molecule has 0 aromatic heterocycles. The molecule has 1 atom stereocenters. The van der Waals surface area contributed by atoms with Crippen LogP contribution in [0.2, 0.25) is 0 Å². The van der Waals surface area contributed by atoms with E-state index in [1.54, 1.807) is 0 Å². The highest BCUT2D eigenvalue weighted by Gasteiger charge is 2.25. The van der Waals surface area contributed by atoms with Crippen molar-refractivity contribution in [2.75, 3.05) is 6.54 Å². The lowest BCUT2D eigenvalue weighted by molar-refractivity contribution is -0.135. The molecule has 0 aliphatic heterocycles. The van der Waals surface area contributed by atoms with Crippen LogP contribution in [0, 0.1) is 0 Å². The summed E-state index contributed by atoms with van der Waals surface area (Å²) < 4.78 is 35.6. The molecule has 4 heteroatoms. The molecular weight excluding hydrogens is 215 g/mol. The highest BCUT2D eigenvalue weighted by Crippen LogP contribution is 2.21. The topological polar surface area (TPSA) is 12.0 Å². The van der Waals surface area contributed by atoms with Crippen LogP contribution in [-0.2, 0) is 0 Å². The van der Waals surface area contributed by atoms with Gasteiger partial charge in [0.05, 0.1) is 0 Å². The predicted octanol–water partition coefficient (Wildman–Crippen LogP) is 3.68. The Balaban J connectivity index is 2.24. The number of nitrogens with one attached hydrogen (secondary N) is 1. The molecular formula is C12H16F3N. The van der Waals surface area contributed by atoms with E-state index in [-0.39, 0.29) is 12.5 Å². The summed E-state index contributed by atoms with van der Waals surface area (Å²) in [6, 6.07) is 9.77. The van der Waals surface area contributed by atoms with Gasteiger partial charge in [-0.05, 0) is 25.5 Å². The van der Waals surface area contributed by atoms with Gasteiger partial charge in [0.15, 0.2) is 0 Å². The summed E-state index contributed by atoms with van der Waals surface area (Å²) in [6.07, 6.45) is -4.64. The van der Waals surface area contributed by atoms with Crippen LogP contribution < -0.4 is 5.32 Å². The van der Waals surface area contributed by atoms with Gasteiger partial charge in [0.1, 0.15) is 0 Å². The third-order valence-corrected chi connectivity index (χ3v) is 2.39. The van der Waals surface area contributed by atoms with E-state index in [0.29, 0.717) is 6.54 Å². The minimum Gasteiger partial charge on any atom is -0.310 e. The molecule has 1 N–H and O–H groups in total. The molecule has 0 aliphatic carbocycles. The van der Waals surface area contributed by atoms with Crippen LogP contribution >= 0.6 is 0 Å². The van der Waals surface area contributed by atoms with Crippen molar-refractivity contribution in [3.63, 3.8) is 0 Å². The second-order valence-corrected chi connectivity index (χ2v) is 3.81. The highest BCUT2D eigenvalue weighted by molar-refractivity contribution is 5.17. The molecule has 0 heterocycles. The van der Waals surface area contributed by atoms with Crippen LogP contribution in [-0.4, -0.2) is 12.7 Å². The molecule has 0 unspecified atom stereocenters.